The lowest BCUT2D eigenvalue weighted by atomic mass is 10.4. The number of rotatable bonds is 3. The number of thiophene rings is 1. The van der Waals surface area contributed by atoms with Gasteiger partial charge in [0.1, 0.15) is 10.7 Å². The molecule has 4 nitrogen and oxygen atoms in total. The van der Waals surface area contributed by atoms with Crippen LogP contribution < -0.4 is 5.32 Å². The van der Waals surface area contributed by atoms with Crippen molar-refractivity contribution in [3.05, 3.63) is 39.2 Å². The molecule has 0 saturated heterocycles. The Kier molecular flexibility index (Phi) is 3.64. The largest absolute Gasteiger partial charge is 0.296 e. The van der Waals surface area contributed by atoms with Crippen LogP contribution in [0.15, 0.2) is 22.9 Å². The molecule has 20 heavy (non-hydrogen) atoms. The summed E-state index contributed by atoms with van der Waals surface area (Å²) in [5.74, 6) is -0.210. The topological polar surface area (TPSA) is 54.9 Å². The van der Waals surface area contributed by atoms with Crippen LogP contribution in [0.3, 0.4) is 0 Å². The summed E-state index contributed by atoms with van der Waals surface area (Å²) in [6, 6.07) is 3.97. The number of amides is 1. The second kappa shape index (κ2) is 5.43. The van der Waals surface area contributed by atoms with Gasteiger partial charge >= 0.3 is 0 Å². The molecule has 1 N–H and O–H groups in total. The van der Waals surface area contributed by atoms with Crippen molar-refractivity contribution in [1.82, 2.24) is 9.97 Å². The Labute approximate surface area is 128 Å². The molecule has 7 heteroatoms. The highest BCUT2D eigenvalue weighted by Crippen LogP contribution is 2.28. The first-order chi connectivity index (χ1) is 9.63. The Morgan fingerprint density at radius 1 is 1.25 bits per heavy atom. The van der Waals surface area contributed by atoms with E-state index in [1.807, 2.05) is 31.4 Å². The van der Waals surface area contributed by atoms with Crippen molar-refractivity contribution in [3.63, 3.8) is 0 Å². The van der Waals surface area contributed by atoms with Gasteiger partial charge in [-0.3, -0.25) is 10.1 Å². The SMILES string of the molecule is Cc1nc(NC(=O)c2csc(-c3cccs3)n2)sc1C. The molecule has 0 spiro atoms. The number of aryl methyl sites for hydroxylation is 2. The van der Waals surface area contributed by atoms with Crippen molar-refractivity contribution in [2.75, 3.05) is 5.32 Å². The third kappa shape index (κ3) is 2.65. The summed E-state index contributed by atoms with van der Waals surface area (Å²) >= 11 is 4.57. The van der Waals surface area contributed by atoms with E-state index >= 15 is 0 Å². The molecule has 3 aromatic heterocycles. The number of carbonyl (C=O) groups is 1. The van der Waals surface area contributed by atoms with E-state index in [0.29, 0.717) is 10.8 Å². The predicted octanol–water partition coefficient (Wildman–Crippen LogP) is 4.20. The molecule has 0 bridgehead atoms. The van der Waals surface area contributed by atoms with E-state index in [9.17, 15) is 4.79 Å². The van der Waals surface area contributed by atoms with Crippen LogP contribution in [0.25, 0.3) is 9.88 Å². The smallest absolute Gasteiger partial charge is 0.276 e. The third-order valence-corrected chi connectivity index (χ3v) is 5.59. The van der Waals surface area contributed by atoms with E-state index in [0.717, 1.165) is 20.5 Å². The van der Waals surface area contributed by atoms with E-state index < -0.39 is 0 Å². The molecule has 0 fully saturated rings. The molecule has 0 atom stereocenters. The monoisotopic (exact) mass is 321 g/mol. The lowest BCUT2D eigenvalue weighted by Gasteiger charge is -1.97. The first-order valence-electron chi connectivity index (χ1n) is 5.88. The van der Waals surface area contributed by atoms with E-state index in [-0.39, 0.29) is 5.91 Å². The number of hydrogen-bond acceptors (Lipinski definition) is 6. The summed E-state index contributed by atoms with van der Waals surface area (Å²) in [5.41, 5.74) is 1.38. The van der Waals surface area contributed by atoms with Gasteiger partial charge in [-0.1, -0.05) is 6.07 Å². The van der Waals surface area contributed by atoms with Gasteiger partial charge in [-0.25, -0.2) is 9.97 Å². The van der Waals surface area contributed by atoms with Crippen LogP contribution in [0.4, 0.5) is 5.13 Å². The zero-order valence-corrected chi connectivity index (χ0v) is 13.3. The maximum Gasteiger partial charge on any atom is 0.276 e. The van der Waals surface area contributed by atoms with Crippen molar-refractivity contribution in [2.45, 2.75) is 13.8 Å². The number of carbonyl (C=O) groups excluding carboxylic acids is 1. The van der Waals surface area contributed by atoms with Crippen molar-refractivity contribution in [2.24, 2.45) is 0 Å². The third-order valence-electron chi connectivity index (χ3n) is 2.72. The first kappa shape index (κ1) is 13.4. The van der Waals surface area contributed by atoms with Gasteiger partial charge in [-0.05, 0) is 25.3 Å². The molecule has 1 amide bonds. The van der Waals surface area contributed by atoms with Gasteiger partial charge in [-0.2, -0.15) is 0 Å². The molecule has 3 heterocycles. The molecule has 0 aliphatic rings. The Morgan fingerprint density at radius 2 is 2.10 bits per heavy atom. The van der Waals surface area contributed by atoms with E-state index in [4.69, 9.17) is 0 Å². The number of nitrogens with one attached hydrogen (secondary N) is 1. The Hall–Kier alpha value is -1.57. The number of hydrogen-bond donors (Lipinski definition) is 1. The minimum atomic E-state index is -0.210. The molecule has 0 aromatic carbocycles. The average Bonchev–Trinajstić information content (AvgIpc) is 3.12. The van der Waals surface area contributed by atoms with Crippen molar-refractivity contribution in [1.29, 1.82) is 0 Å². The number of aromatic nitrogens is 2. The van der Waals surface area contributed by atoms with Crippen molar-refractivity contribution >= 4 is 45.0 Å². The van der Waals surface area contributed by atoms with Crippen molar-refractivity contribution in [3.8, 4) is 9.88 Å². The fraction of sp³-hybridized carbons (Fsp3) is 0.154. The van der Waals surface area contributed by atoms with Crippen LogP contribution in [0.2, 0.25) is 0 Å². The normalized spacial score (nSPS) is 10.7. The zero-order chi connectivity index (χ0) is 14.1. The van der Waals surface area contributed by atoms with E-state index in [1.54, 1.807) is 16.7 Å². The second-order valence-corrected chi connectivity index (χ2v) is 7.14. The fourth-order valence-electron chi connectivity index (χ4n) is 1.58. The van der Waals surface area contributed by atoms with Gasteiger partial charge in [0.25, 0.3) is 5.91 Å². The maximum absolute atomic E-state index is 12.1. The molecule has 0 radical (unpaired) electrons. The van der Waals surface area contributed by atoms with Gasteiger partial charge in [0, 0.05) is 10.3 Å². The van der Waals surface area contributed by atoms with Gasteiger partial charge in [0.05, 0.1) is 10.6 Å². The Bertz CT molecular complexity index is 723. The lowest BCUT2D eigenvalue weighted by Crippen LogP contribution is -2.12. The highest BCUT2D eigenvalue weighted by atomic mass is 32.1. The molecule has 3 rings (SSSR count). The summed E-state index contributed by atoms with van der Waals surface area (Å²) in [5, 5.41) is 8.06. The summed E-state index contributed by atoms with van der Waals surface area (Å²) in [6.45, 7) is 3.92. The summed E-state index contributed by atoms with van der Waals surface area (Å²) in [6.07, 6.45) is 0. The van der Waals surface area contributed by atoms with E-state index in [1.165, 1.54) is 22.7 Å². The Morgan fingerprint density at radius 3 is 2.75 bits per heavy atom. The van der Waals surface area contributed by atoms with Crippen LogP contribution in [-0.4, -0.2) is 15.9 Å². The van der Waals surface area contributed by atoms with Crippen molar-refractivity contribution < 1.29 is 4.79 Å². The molecular weight excluding hydrogens is 310 g/mol. The average molecular weight is 321 g/mol. The summed E-state index contributed by atoms with van der Waals surface area (Å²) in [7, 11) is 0. The number of thiazole rings is 2. The standard InChI is InChI=1S/C13H11N3OS3/c1-7-8(2)20-13(14-7)16-11(17)9-6-19-12(15-9)10-4-3-5-18-10/h3-6H,1-2H3,(H,14,16,17). The molecule has 3 aromatic rings. The van der Waals surface area contributed by atoms with Gasteiger partial charge in [0.2, 0.25) is 0 Å². The van der Waals surface area contributed by atoms with Gasteiger partial charge in [-0.15, -0.1) is 34.0 Å². The summed E-state index contributed by atoms with van der Waals surface area (Å²) < 4.78 is 0. The quantitative estimate of drug-likeness (QED) is 0.786. The van der Waals surface area contributed by atoms with Gasteiger partial charge in [0.15, 0.2) is 5.13 Å². The minimum absolute atomic E-state index is 0.210. The molecule has 0 saturated carbocycles. The maximum atomic E-state index is 12.1. The van der Waals surface area contributed by atoms with Crippen LogP contribution in [0.1, 0.15) is 21.1 Å². The zero-order valence-electron chi connectivity index (χ0n) is 10.8. The Balaban J connectivity index is 1.77. The molecule has 102 valence electrons. The van der Waals surface area contributed by atoms with Crippen LogP contribution >= 0.6 is 34.0 Å². The molecule has 0 aliphatic carbocycles. The molecular formula is C13H11N3OS3. The molecule has 0 aliphatic heterocycles. The van der Waals surface area contributed by atoms with Crippen LogP contribution in [-0.2, 0) is 0 Å². The second-order valence-electron chi connectivity index (χ2n) is 4.13. The number of anilines is 1. The number of nitrogens with zero attached hydrogens (tertiary/aromatic N) is 2. The van der Waals surface area contributed by atoms with Crippen LogP contribution in [0.5, 0.6) is 0 Å². The summed E-state index contributed by atoms with van der Waals surface area (Å²) in [4.78, 5) is 23.0. The minimum Gasteiger partial charge on any atom is -0.296 e. The van der Waals surface area contributed by atoms with Gasteiger partial charge < -0.3 is 0 Å². The highest BCUT2D eigenvalue weighted by molar-refractivity contribution is 7.20. The fourth-order valence-corrected chi connectivity index (χ4v) is 4.00. The van der Waals surface area contributed by atoms with Crippen LogP contribution in [0, 0.1) is 13.8 Å². The lowest BCUT2D eigenvalue weighted by molar-refractivity contribution is 0.102. The first-order valence-corrected chi connectivity index (χ1v) is 8.46. The highest BCUT2D eigenvalue weighted by Gasteiger charge is 2.14. The van der Waals surface area contributed by atoms with E-state index in [2.05, 4.69) is 15.3 Å². The predicted molar refractivity (Wildman–Crippen MR) is 85.0 cm³/mol. The molecule has 0 unspecified atom stereocenters.